The summed E-state index contributed by atoms with van der Waals surface area (Å²) in [6.07, 6.45) is 1.63. The van der Waals surface area contributed by atoms with Crippen LogP contribution < -0.4 is 4.74 Å². The van der Waals surface area contributed by atoms with Crippen molar-refractivity contribution in [1.29, 1.82) is 0 Å². The summed E-state index contributed by atoms with van der Waals surface area (Å²) in [7, 11) is 3.60. The third-order valence-corrected chi connectivity index (χ3v) is 5.35. The van der Waals surface area contributed by atoms with Crippen LogP contribution in [0.4, 0.5) is 0 Å². The Kier molecular flexibility index (Phi) is 6.84. The lowest BCUT2D eigenvalue weighted by molar-refractivity contribution is -0.133. The van der Waals surface area contributed by atoms with E-state index in [1.165, 1.54) is 5.56 Å². The van der Waals surface area contributed by atoms with Gasteiger partial charge in [0, 0.05) is 13.1 Å². The number of benzene rings is 2. The molecule has 0 N–H and O–H groups in total. The third kappa shape index (κ3) is 4.46. The molecule has 0 aliphatic rings. The fourth-order valence-corrected chi connectivity index (χ4v) is 3.38. The molecule has 3 nitrogen and oxygen atoms in total. The number of ether oxygens (including phenoxy) is 1. The van der Waals surface area contributed by atoms with Gasteiger partial charge in [0.1, 0.15) is 5.75 Å². The lowest BCUT2D eigenvalue weighted by Crippen LogP contribution is -2.39. The van der Waals surface area contributed by atoms with Gasteiger partial charge in [-0.3, -0.25) is 4.79 Å². The van der Waals surface area contributed by atoms with Crippen molar-refractivity contribution in [3.8, 4) is 5.75 Å². The first-order valence-corrected chi connectivity index (χ1v) is 9.34. The van der Waals surface area contributed by atoms with E-state index in [0.29, 0.717) is 0 Å². The largest absolute Gasteiger partial charge is 0.496 e. The van der Waals surface area contributed by atoms with Crippen LogP contribution in [-0.2, 0) is 11.2 Å². The van der Waals surface area contributed by atoms with Crippen LogP contribution in [0, 0.1) is 13.8 Å². The number of carbonyl (C=O) groups is 1. The number of nitrogens with zero attached hydrogens (tertiary/aromatic N) is 1. The van der Waals surface area contributed by atoms with E-state index in [2.05, 4.69) is 45.9 Å². The van der Waals surface area contributed by atoms with E-state index >= 15 is 0 Å². The van der Waals surface area contributed by atoms with E-state index < -0.39 is 0 Å². The SMILES string of the molecule is CCC(C(=O)N(C)C(C)Cc1ccccc1)c1cc(C)c(C)c(OC)c1. The molecule has 0 radical (unpaired) electrons. The number of likely N-dealkylation sites (N-methyl/N-ethyl adjacent to an activating group) is 1. The molecule has 3 heteroatoms. The zero-order chi connectivity index (χ0) is 19.3. The van der Waals surface area contributed by atoms with E-state index in [-0.39, 0.29) is 17.9 Å². The van der Waals surface area contributed by atoms with Gasteiger partial charge < -0.3 is 9.64 Å². The zero-order valence-electron chi connectivity index (χ0n) is 16.9. The monoisotopic (exact) mass is 353 g/mol. The molecule has 2 aromatic rings. The summed E-state index contributed by atoms with van der Waals surface area (Å²) in [5.74, 6) is 0.874. The van der Waals surface area contributed by atoms with Crippen molar-refractivity contribution in [2.24, 2.45) is 0 Å². The van der Waals surface area contributed by atoms with Gasteiger partial charge in [-0.1, -0.05) is 43.3 Å². The lowest BCUT2D eigenvalue weighted by atomic mass is 9.91. The van der Waals surface area contributed by atoms with Crippen molar-refractivity contribution in [1.82, 2.24) is 4.90 Å². The number of rotatable bonds is 7. The Morgan fingerprint density at radius 2 is 1.81 bits per heavy atom. The van der Waals surface area contributed by atoms with Gasteiger partial charge in [-0.25, -0.2) is 0 Å². The van der Waals surface area contributed by atoms with Gasteiger partial charge >= 0.3 is 0 Å². The second-order valence-electron chi connectivity index (χ2n) is 7.11. The topological polar surface area (TPSA) is 29.5 Å². The van der Waals surface area contributed by atoms with Crippen molar-refractivity contribution < 1.29 is 9.53 Å². The van der Waals surface area contributed by atoms with Crippen LogP contribution in [-0.4, -0.2) is 31.0 Å². The number of hydrogen-bond donors (Lipinski definition) is 0. The summed E-state index contributed by atoms with van der Waals surface area (Å²) in [6, 6.07) is 14.6. The van der Waals surface area contributed by atoms with Gasteiger partial charge in [-0.15, -0.1) is 0 Å². The molecular formula is C23H31NO2. The molecule has 0 saturated carbocycles. The lowest BCUT2D eigenvalue weighted by Gasteiger charge is -2.29. The van der Waals surface area contributed by atoms with Gasteiger partial charge in [0.15, 0.2) is 0 Å². The molecule has 0 saturated heterocycles. The van der Waals surface area contributed by atoms with E-state index in [1.807, 2.05) is 36.2 Å². The minimum Gasteiger partial charge on any atom is -0.496 e. The maximum absolute atomic E-state index is 13.2. The van der Waals surface area contributed by atoms with Crippen LogP contribution in [0.3, 0.4) is 0 Å². The highest BCUT2D eigenvalue weighted by molar-refractivity contribution is 5.84. The average molecular weight is 354 g/mol. The summed E-state index contributed by atoms with van der Waals surface area (Å²) in [5.41, 5.74) is 4.58. The Bertz CT molecular complexity index is 739. The zero-order valence-corrected chi connectivity index (χ0v) is 16.9. The Morgan fingerprint density at radius 3 is 2.38 bits per heavy atom. The Labute approximate surface area is 158 Å². The molecular weight excluding hydrogens is 322 g/mol. The summed E-state index contributed by atoms with van der Waals surface area (Å²) in [6.45, 7) is 8.30. The summed E-state index contributed by atoms with van der Waals surface area (Å²) in [4.78, 5) is 15.1. The standard InChI is InChI=1S/C23H31NO2/c1-7-21(20-13-16(2)18(4)22(15-20)26-6)23(25)24(5)17(3)14-19-11-9-8-10-12-19/h8-13,15,17,21H,7,14H2,1-6H3. The molecule has 2 atom stereocenters. The van der Waals surface area contributed by atoms with Gasteiger partial charge in [0.05, 0.1) is 13.0 Å². The quantitative estimate of drug-likeness (QED) is 0.709. The minimum absolute atomic E-state index is 0.146. The highest BCUT2D eigenvalue weighted by Gasteiger charge is 2.26. The average Bonchev–Trinajstić information content (AvgIpc) is 2.64. The van der Waals surface area contributed by atoms with Crippen LogP contribution in [0.15, 0.2) is 42.5 Å². The molecule has 1 amide bonds. The smallest absolute Gasteiger partial charge is 0.230 e. The second kappa shape index (κ2) is 8.88. The Hall–Kier alpha value is -2.29. The van der Waals surface area contributed by atoms with Crippen molar-refractivity contribution >= 4 is 5.91 Å². The van der Waals surface area contributed by atoms with Gasteiger partial charge in [-0.2, -0.15) is 0 Å². The molecule has 140 valence electrons. The molecule has 0 aromatic heterocycles. The van der Waals surface area contributed by atoms with Crippen LogP contribution in [0.25, 0.3) is 0 Å². The van der Waals surface area contributed by atoms with Crippen molar-refractivity contribution in [2.75, 3.05) is 14.2 Å². The minimum atomic E-state index is -0.147. The number of hydrogen-bond acceptors (Lipinski definition) is 2. The van der Waals surface area contributed by atoms with Crippen molar-refractivity contribution in [2.45, 2.75) is 52.5 Å². The van der Waals surface area contributed by atoms with Gasteiger partial charge in [0.2, 0.25) is 5.91 Å². The van der Waals surface area contributed by atoms with Crippen molar-refractivity contribution in [3.05, 3.63) is 64.7 Å². The molecule has 0 heterocycles. The summed E-state index contributed by atoms with van der Waals surface area (Å²) >= 11 is 0. The molecule has 2 aromatic carbocycles. The van der Waals surface area contributed by atoms with E-state index in [9.17, 15) is 4.79 Å². The molecule has 0 spiro atoms. The highest BCUT2D eigenvalue weighted by atomic mass is 16.5. The Balaban J connectivity index is 2.21. The molecule has 2 rings (SSSR count). The molecule has 26 heavy (non-hydrogen) atoms. The number of carbonyl (C=O) groups excluding carboxylic acids is 1. The van der Waals surface area contributed by atoms with E-state index in [1.54, 1.807) is 7.11 Å². The van der Waals surface area contributed by atoms with Crippen LogP contribution in [0.1, 0.15) is 48.4 Å². The van der Waals surface area contributed by atoms with Crippen LogP contribution >= 0.6 is 0 Å². The molecule has 0 fully saturated rings. The third-order valence-electron chi connectivity index (χ3n) is 5.35. The summed E-state index contributed by atoms with van der Waals surface area (Å²) < 4.78 is 5.50. The van der Waals surface area contributed by atoms with E-state index in [4.69, 9.17) is 4.74 Å². The van der Waals surface area contributed by atoms with Crippen LogP contribution in [0.5, 0.6) is 5.75 Å². The van der Waals surface area contributed by atoms with Crippen molar-refractivity contribution in [3.63, 3.8) is 0 Å². The number of aryl methyl sites for hydroxylation is 1. The fourth-order valence-electron chi connectivity index (χ4n) is 3.38. The Morgan fingerprint density at radius 1 is 1.15 bits per heavy atom. The summed E-state index contributed by atoms with van der Waals surface area (Å²) in [5, 5.41) is 0. The normalized spacial score (nSPS) is 13.2. The van der Waals surface area contributed by atoms with Gasteiger partial charge in [-0.05, 0) is 61.9 Å². The predicted octanol–water partition coefficient (Wildman–Crippen LogP) is 4.90. The molecule has 0 aliphatic heterocycles. The fraction of sp³-hybridized carbons (Fsp3) is 0.435. The maximum atomic E-state index is 13.2. The van der Waals surface area contributed by atoms with E-state index in [0.717, 1.165) is 35.3 Å². The maximum Gasteiger partial charge on any atom is 0.230 e. The van der Waals surface area contributed by atoms with Crippen LogP contribution in [0.2, 0.25) is 0 Å². The predicted molar refractivity (Wildman–Crippen MR) is 108 cm³/mol. The highest BCUT2D eigenvalue weighted by Crippen LogP contribution is 2.30. The molecule has 2 unspecified atom stereocenters. The first-order chi connectivity index (χ1) is 12.4. The number of methoxy groups -OCH3 is 1. The molecule has 0 bridgehead atoms. The first-order valence-electron chi connectivity index (χ1n) is 9.34. The second-order valence-corrected chi connectivity index (χ2v) is 7.11. The van der Waals surface area contributed by atoms with Gasteiger partial charge in [0.25, 0.3) is 0 Å². The number of amides is 1. The molecule has 0 aliphatic carbocycles. The first kappa shape index (κ1) is 20.0.